The van der Waals surface area contributed by atoms with Crippen LogP contribution in [-0.4, -0.2) is 0 Å². The van der Waals surface area contributed by atoms with Crippen molar-refractivity contribution in [2.45, 2.75) is 65.2 Å². The molecule has 0 heterocycles. The van der Waals surface area contributed by atoms with Crippen LogP contribution in [0.15, 0.2) is 11.1 Å². The fraction of sp³-hybridized carbons (Fsp3) is 0.714. The molecule has 0 radical (unpaired) electrons. The van der Waals surface area contributed by atoms with Gasteiger partial charge in [-0.15, -0.1) is 0 Å². The van der Waals surface area contributed by atoms with Crippen molar-refractivity contribution in [3.8, 4) is 11.8 Å². The van der Waals surface area contributed by atoms with Gasteiger partial charge >= 0.3 is 0 Å². The SMILES string of the molecule is CCCCC#CC1=C(CCCC)CC1. The summed E-state index contributed by atoms with van der Waals surface area (Å²) in [5, 5.41) is 0. The Labute approximate surface area is 88.8 Å². The van der Waals surface area contributed by atoms with E-state index in [0.717, 1.165) is 6.42 Å². The molecule has 0 unspecified atom stereocenters. The Morgan fingerprint density at radius 2 is 1.86 bits per heavy atom. The summed E-state index contributed by atoms with van der Waals surface area (Å²) in [4.78, 5) is 0. The summed E-state index contributed by atoms with van der Waals surface area (Å²) in [5.74, 6) is 6.63. The minimum Gasteiger partial charge on any atom is -0.0982 e. The molecule has 0 fully saturated rings. The second kappa shape index (κ2) is 6.71. The van der Waals surface area contributed by atoms with Gasteiger partial charge < -0.3 is 0 Å². The maximum Gasteiger partial charge on any atom is 0.00922 e. The molecule has 0 heteroatoms. The van der Waals surface area contributed by atoms with Gasteiger partial charge in [-0.25, -0.2) is 0 Å². The highest BCUT2D eigenvalue weighted by atomic mass is 14.2. The smallest absolute Gasteiger partial charge is 0.00922 e. The Bertz CT molecular complexity index is 247. The Balaban J connectivity index is 2.31. The van der Waals surface area contributed by atoms with E-state index in [9.17, 15) is 0 Å². The molecule has 0 spiro atoms. The van der Waals surface area contributed by atoms with Gasteiger partial charge in [-0.1, -0.05) is 44.1 Å². The Morgan fingerprint density at radius 3 is 2.43 bits per heavy atom. The van der Waals surface area contributed by atoms with Crippen LogP contribution in [0.4, 0.5) is 0 Å². The number of hydrogen-bond donors (Lipinski definition) is 0. The van der Waals surface area contributed by atoms with E-state index >= 15 is 0 Å². The van der Waals surface area contributed by atoms with Gasteiger partial charge in [0.15, 0.2) is 0 Å². The van der Waals surface area contributed by atoms with E-state index in [0.29, 0.717) is 0 Å². The predicted octanol–water partition coefficient (Wildman–Crippen LogP) is 4.46. The highest BCUT2D eigenvalue weighted by Crippen LogP contribution is 2.30. The Morgan fingerprint density at radius 1 is 1.07 bits per heavy atom. The Kier molecular flexibility index (Phi) is 5.45. The van der Waals surface area contributed by atoms with Gasteiger partial charge in [-0.05, 0) is 32.1 Å². The van der Waals surface area contributed by atoms with Crippen LogP contribution in [0.2, 0.25) is 0 Å². The first-order valence-electron chi connectivity index (χ1n) is 6.08. The summed E-state index contributed by atoms with van der Waals surface area (Å²) in [5.41, 5.74) is 3.12. The van der Waals surface area contributed by atoms with Crippen LogP contribution >= 0.6 is 0 Å². The average Bonchev–Trinajstić information content (AvgIpc) is 2.16. The zero-order valence-corrected chi connectivity index (χ0v) is 9.66. The minimum atomic E-state index is 1.08. The zero-order chi connectivity index (χ0) is 10.2. The van der Waals surface area contributed by atoms with E-state index in [1.807, 2.05) is 0 Å². The predicted molar refractivity (Wildman–Crippen MR) is 63.1 cm³/mol. The van der Waals surface area contributed by atoms with Crippen LogP contribution < -0.4 is 0 Å². The third-order valence-corrected chi connectivity index (χ3v) is 2.83. The van der Waals surface area contributed by atoms with Crippen molar-refractivity contribution < 1.29 is 0 Å². The van der Waals surface area contributed by atoms with E-state index in [1.165, 1.54) is 50.5 Å². The van der Waals surface area contributed by atoms with E-state index in [1.54, 1.807) is 5.57 Å². The fourth-order valence-corrected chi connectivity index (χ4v) is 1.68. The molecule has 0 nitrogen and oxygen atoms in total. The average molecular weight is 190 g/mol. The van der Waals surface area contributed by atoms with Crippen LogP contribution in [0.3, 0.4) is 0 Å². The molecule has 0 amide bonds. The van der Waals surface area contributed by atoms with Gasteiger partial charge in [-0.2, -0.15) is 0 Å². The van der Waals surface area contributed by atoms with E-state index in [4.69, 9.17) is 0 Å². The molecule has 0 aromatic rings. The summed E-state index contributed by atoms with van der Waals surface area (Å²) in [6, 6.07) is 0. The first-order valence-corrected chi connectivity index (χ1v) is 6.08. The molecular formula is C14H22. The van der Waals surface area contributed by atoms with E-state index < -0.39 is 0 Å². The molecular weight excluding hydrogens is 168 g/mol. The molecule has 0 aliphatic heterocycles. The van der Waals surface area contributed by atoms with Gasteiger partial charge in [-0.3, -0.25) is 0 Å². The monoisotopic (exact) mass is 190 g/mol. The topological polar surface area (TPSA) is 0 Å². The first kappa shape index (κ1) is 11.4. The second-order valence-corrected chi connectivity index (χ2v) is 4.09. The molecule has 0 saturated heterocycles. The summed E-state index contributed by atoms with van der Waals surface area (Å²) in [7, 11) is 0. The summed E-state index contributed by atoms with van der Waals surface area (Å²) < 4.78 is 0. The lowest BCUT2D eigenvalue weighted by atomic mass is 9.85. The van der Waals surface area contributed by atoms with Gasteiger partial charge in [0.1, 0.15) is 0 Å². The highest BCUT2D eigenvalue weighted by molar-refractivity contribution is 5.40. The molecule has 14 heavy (non-hydrogen) atoms. The molecule has 0 aromatic heterocycles. The minimum absolute atomic E-state index is 1.08. The van der Waals surface area contributed by atoms with Gasteiger partial charge in [0.2, 0.25) is 0 Å². The van der Waals surface area contributed by atoms with Crippen LogP contribution in [0.5, 0.6) is 0 Å². The summed E-state index contributed by atoms with van der Waals surface area (Å²) in [6.07, 6.45) is 10.1. The summed E-state index contributed by atoms with van der Waals surface area (Å²) in [6.45, 7) is 4.47. The van der Waals surface area contributed by atoms with Crippen molar-refractivity contribution in [3.63, 3.8) is 0 Å². The molecule has 0 saturated carbocycles. The quantitative estimate of drug-likeness (QED) is 0.443. The molecule has 0 N–H and O–H groups in total. The molecule has 0 aromatic carbocycles. The summed E-state index contributed by atoms with van der Waals surface area (Å²) >= 11 is 0. The first-order chi connectivity index (χ1) is 6.88. The molecule has 78 valence electrons. The molecule has 0 atom stereocenters. The number of unbranched alkanes of at least 4 members (excludes halogenated alkanes) is 3. The lowest BCUT2D eigenvalue weighted by Gasteiger charge is -2.19. The normalized spacial score (nSPS) is 14.7. The van der Waals surface area contributed by atoms with Crippen molar-refractivity contribution >= 4 is 0 Å². The van der Waals surface area contributed by atoms with Crippen LogP contribution in [0.25, 0.3) is 0 Å². The highest BCUT2D eigenvalue weighted by Gasteiger charge is 2.13. The third kappa shape index (κ3) is 3.58. The standard InChI is InChI=1S/C14H22/c1-3-5-7-8-10-14-12-11-13(14)9-6-4-2/h3-7,9,11-12H2,1-2H3. The van der Waals surface area contributed by atoms with Gasteiger partial charge in [0, 0.05) is 12.0 Å². The molecule has 1 aliphatic rings. The van der Waals surface area contributed by atoms with Crippen molar-refractivity contribution in [1.29, 1.82) is 0 Å². The van der Waals surface area contributed by atoms with Gasteiger partial charge in [0.25, 0.3) is 0 Å². The van der Waals surface area contributed by atoms with Crippen LogP contribution in [-0.2, 0) is 0 Å². The van der Waals surface area contributed by atoms with E-state index in [2.05, 4.69) is 25.7 Å². The maximum absolute atomic E-state index is 3.34. The van der Waals surface area contributed by atoms with Crippen LogP contribution in [0, 0.1) is 11.8 Å². The molecule has 1 rings (SSSR count). The Hall–Kier alpha value is -0.700. The largest absolute Gasteiger partial charge is 0.0982 e. The lowest BCUT2D eigenvalue weighted by molar-refractivity contribution is 0.699. The third-order valence-electron chi connectivity index (χ3n) is 2.83. The maximum atomic E-state index is 3.34. The van der Waals surface area contributed by atoms with Crippen LogP contribution in [0.1, 0.15) is 65.2 Å². The van der Waals surface area contributed by atoms with Crippen molar-refractivity contribution in [1.82, 2.24) is 0 Å². The lowest BCUT2D eigenvalue weighted by Crippen LogP contribution is -2.02. The zero-order valence-electron chi connectivity index (χ0n) is 9.66. The van der Waals surface area contributed by atoms with Gasteiger partial charge in [0.05, 0.1) is 0 Å². The molecule has 1 aliphatic carbocycles. The van der Waals surface area contributed by atoms with Crippen molar-refractivity contribution in [2.75, 3.05) is 0 Å². The molecule has 0 bridgehead atoms. The second-order valence-electron chi connectivity index (χ2n) is 4.09. The van der Waals surface area contributed by atoms with Crippen molar-refractivity contribution in [2.24, 2.45) is 0 Å². The number of rotatable bonds is 5. The fourth-order valence-electron chi connectivity index (χ4n) is 1.68. The number of hydrogen-bond acceptors (Lipinski definition) is 0. The van der Waals surface area contributed by atoms with Crippen molar-refractivity contribution in [3.05, 3.63) is 11.1 Å². The number of allylic oxidation sites excluding steroid dienone is 2. The van der Waals surface area contributed by atoms with E-state index in [-0.39, 0.29) is 0 Å².